The maximum Gasteiger partial charge on any atom is 0.265 e. The predicted octanol–water partition coefficient (Wildman–Crippen LogP) is 2.91. The Kier molecular flexibility index (Phi) is 4.01. The van der Waals surface area contributed by atoms with E-state index < -0.39 is 10.0 Å². The topological polar surface area (TPSA) is 66.4 Å². The van der Waals surface area contributed by atoms with E-state index in [1.165, 1.54) is 23.9 Å². The summed E-state index contributed by atoms with van der Waals surface area (Å²) >= 11 is 1.45. The van der Waals surface area contributed by atoms with E-state index in [-0.39, 0.29) is 10.6 Å². The average molecular weight is 295 g/mol. The monoisotopic (exact) mass is 295 g/mol. The molecule has 0 atom stereocenters. The van der Waals surface area contributed by atoms with Gasteiger partial charge in [0.2, 0.25) is 0 Å². The summed E-state index contributed by atoms with van der Waals surface area (Å²) in [6, 6.07) is 12.9. The highest BCUT2D eigenvalue weighted by Crippen LogP contribution is 2.29. The van der Waals surface area contributed by atoms with Crippen molar-refractivity contribution < 1.29 is 13.5 Å². The summed E-state index contributed by atoms with van der Waals surface area (Å²) in [7, 11) is -3.79. The Labute approximate surface area is 116 Å². The molecule has 0 unspecified atom stereocenters. The number of thioether (sulfide) groups is 1. The Bertz CT molecular complexity index is 684. The van der Waals surface area contributed by atoms with Gasteiger partial charge in [0.25, 0.3) is 10.0 Å². The second-order valence-corrected chi connectivity index (χ2v) is 6.27. The lowest BCUT2D eigenvalue weighted by Crippen LogP contribution is -2.13. The third-order valence-electron chi connectivity index (χ3n) is 2.51. The van der Waals surface area contributed by atoms with Gasteiger partial charge >= 0.3 is 0 Å². The SMILES string of the molecule is CSc1ccccc1NS(=O)(=O)c1ccccc1O. The van der Waals surface area contributed by atoms with Crippen molar-refractivity contribution >= 4 is 27.5 Å². The van der Waals surface area contributed by atoms with Crippen LogP contribution in [0.3, 0.4) is 0 Å². The van der Waals surface area contributed by atoms with Crippen molar-refractivity contribution in [3.05, 3.63) is 48.5 Å². The van der Waals surface area contributed by atoms with Crippen LogP contribution in [0.1, 0.15) is 0 Å². The first kappa shape index (κ1) is 13.8. The van der Waals surface area contributed by atoms with Gasteiger partial charge in [0.15, 0.2) is 0 Å². The molecule has 0 radical (unpaired) electrons. The van der Waals surface area contributed by atoms with E-state index in [4.69, 9.17) is 0 Å². The van der Waals surface area contributed by atoms with Gasteiger partial charge in [0, 0.05) is 4.90 Å². The molecule has 0 heterocycles. The van der Waals surface area contributed by atoms with Crippen LogP contribution in [-0.2, 0) is 10.0 Å². The molecule has 0 amide bonds. The predicted molar refractivity (Wildman–Crippen MR) is 77.1 cm³/mol. The Balaban J connectivity index is 2.40. The van der Waals surface area contributed by atoms with Crippen LogP contribution in [0.2, 0.25) is 0 Å². The van der Waals surface area contributed by atoms with Crippen molar-refractivity contribution in [3.8, 4) is 5.75 Å². The molecule has 4 nitrogen and oxygen atoms in total. The van der Waals surface area contributed by atoms with Gasteiger partial charge in [-0.05, 0) is 30.5 Å². The van der Waals surface area contributed by atoms with Crippen LogP contribution in [0, 0.1) is 0 Å². The Morgan fingerprint density at radius 2 is 1.68 bits per heavy atom. The number of nitrogens with one attached hydrogen (secondary N) is 1. The van der Waals surface area contributed by atoms with Gasteiger partial charge in [-0.15, -0.1) is 11.8 Å². The summed E-state index contributed by atoms with van der Waals surface area (Å²) in [4.78, 5) is 0.687. The molecule has 6 heteroatoms. The zero-order chi connectivity index (χ0) is 13.9. The first-order valence-electron chi connectivity index (χ1n) is 5.48. The summed E-state index contributed by atoms with van der Waals surface area (Å²) in [6.45, 7) is 0. The van der Waals surface area contributed by atoms with E-state index in [2.05, 4.69) is 4.72 Å². The smallest absolute Gasteiger partial charge is 0.265 e. The molecule has 0 aromatic heterocycles. The fourth-order valence-corrected chi connectivity index (χ4v) is 3.41. The van der Waals surface area contributed by atoms with Crippen molar-refractivity contribution in [1.82, 2.24) is 0 Å². The zero-order valence-corrected chi connectivity index (χ0v) is 11.8. The molecular formula is C13H13NO3S2. The Morgan fingerprint density at radius 1 is 1.05 bits per heavy atom. The van der Waals surface area contributed by atoms with Crippen molar-refractivity contribution in [2.45, 2.75) is 9.79 Å². The van der Waals surface area contributed by atoms with Crippen LogP contribution in [0.15, 0.2) is 58.3 Å². The summed E-state index contributed by atoms with van der Waals surface area (Å²) in [6.07, 6.45) is 1.87. The molecule has 0 aliphatic rings. The molecule has 19 heavy (non-hydrogen) atoms. The highest BCUT2D eigenvalue weighted by molar-refractivity contribution is 7.99. The molecule has 0 bridgehead atoms. The number of phenols is 1. The highest BCUT2D eigenvalue weighted by Gasteiger charge is 2.19. The summed E-state index contributed by atoms with van der Waals surface area (Å²) < 4.78 is 26.9. The second-order valence-electron chi connectivity index (χ2n) is 3.77. The standard InChI is InChI=1S/C13H13NO3S2/c1-18-12-8-4-2-6-10(12)14-19(16,17)13-9-5-3-7-11(13)15/h2-9,14-15H,1H3. The van der Waals surface area contributed by atoms with Gasteiger partial charge in [-0.2, -0.15) is 0 Å². The largest absolute Gasteiger partial charge is 0.507 e. The van der Waals surface area contributed by atoms with Crippen LogP contribution in [0.25, 0.3) is 0 Å². The third-order valence-corrected chi connectivity index (χ3v) is 4.71. The molecule has 2 aromatic rings. The van der Waals surface area contributed by atoms with Crippen LogP contribution in [-0.4, -0.2) is 19.8 Å². The first-order chi connectivity index (χ1) is 9.04. The Morgan fingerprint density at radius 3 is 2.37 bits per heavy atom. The van der Waals surface area contributed by atoms with E-state index in [1.54, 1.807) is 24.3 Å². The summed E-state index contributed by atoms with van der Waals surface area (Å²) in [5, 5.41) is 9.63. The number of sulfonamides is 1. The summed E-state index contributed by atoms with van der Waals surface area (Å²) in [5.74, 6) is -0.267. The van der Waals surface area contributed by atoms with Crippen molar-refractivity contribution in [2.24, 2.45) is 0 Å². The van der Waals surface area contributed by atoms with Crippen LogP contribution < -0.4 is 4.72 Å². The number of anilines is 1. The third kappa shape index (κ3) is 3.02. The lowest BCUT2D eigenvalue weighted by Gasteiger charge is -2.11. The van der Waals surface area contributed by atoms with Gasteiger partial charge < -0.3 is 5.11 Å². The van der Waals surface area contributed by atoms with Gasteiger partial charge in [0.1, 0.15) is 10.6 Å². The normalized spacial score (nSPS) is 11.2. The summed E-state index contributed by atoms with van der Waals surface area (Å²) in [5.41, 5.74) is 0.498. The maximum absolute atomic E-state index is 12.2. The number of rotatable bonds is 4. The van der Waals surface area contributed by atoms with E-state index in [9.17, 15) is 13.5 Å². The quantitative estimate of drug-likeness (QED) is 0.851. The van der Waals surface area contributed by atoms with Crippen LogP contribution >= 0.6 is 11.8 Å². The second kappa shape index (κ2) is 5.54. The average Bonchev–Trinajstić information content (AvgIpc) is 2.39. The van der Waals surface area contributed by atoms with E-state index in [0.29, 0.717) is 5.69 Å². The van der Waals surface area contributed by atoms with E-state index in [1.807, 2.05) is 18.4 Å². The molecule has 2 aromatic carbocycles. The number of hydrogen-bond acceptors (Lipinski definition) is 4. The zero-order valence-electron chi connectivity index (χ0n) is 10.2. The molecule has 0 fully saturated rings. The lowest BCUT2D eigenvalue weighted by atomic mass is 10.3. The molecule has 2 rings (SSSR count). The number of phenolic OH excluding ortho intramolecular Hbond substituents is 1. The Hall–Kier alpha value is -1.66. The van der Waals surface area contributed by atoms with Crippen molar-refractivity contribution in [1.29, 1.82) is 0 Å². The molecule has 0 spiro atoms. The molecular weight excluding hydrogens is 282 g/mol. The van der Waals surface area contributed by atoms with Gasteiger partial charge in [-0.1, -0.05) is 24.3 Å². The molecule has 100 valence electrons. The first-order valence-corrected chi connectivity index (χ1v) is 8.19. The fourth-order valence-electron chi connectivity index (χ4n) is 1.61. The minimum absolute atomic E-state index is 0.133. The molecule has 0 saturated carbocycles. The van der Waals surface area contributed by atoms with Gasteiger partial charge in [-0.3, -0.25) is 4.72 Å². The number of benzene rings is 2. The van der Waals surface area contributed by atoms with E-state index >= 15 is 0 Å². The number of aromatic hydroxyl groups is 1. The highest BCUT2D eigenvalue weighted by atomic mass is 32.2. The molecule has 2 N–H and O–H groups in total. The van der Waals surface area contributed by atoms with Crippen LogP contribution in [0.4, 0.5) is 5.69 Å². The van der Waals surface area contributed by atoms with Crippen LogP contribution in [0.5, 0.6) is 5.75 Å². The maximum atomic E-state index is 12.2. The van der Waals surface area contributed by atoms with Gasteiger partial charge in [0.05, 0.1) is 5.69 Å². The molecule has 0 aliphatic carbocycles. The molecule has 0 aliphatic heterocycles. The van der Waals surface area contributed by atoms with Gasteiger partial charge in [-0.25, -0.2) is 8.42 Å². The fraction of sp³-hybridized carbons (Fsp3) is 0.0769. The minimum atomic E-state index is -3.79. The molecule has 0 saturated heterocycles. The van der Waals surface area contributed by atoms with E-state index in [0.717, 1.165) is 4.90 Å². The van der Waals surface area contributed by atoms with Crippen molar-refractivity contribution in [3.63, 3.8) is 0 Å². The lowest BCUT2D eigenvalue weighted by molar-refractivity contribution is 0.459. The van der Waals surface area contributed by atoms with Crippen molar-refractivity contribution in [2.75, 3.05) is 11.0 Å². The number of hydrogen-bond donors (Lipinski definition) is 2. The minimum Gasteiger partial charge on any atom is -0.507 e. The number of para-hydroxylation sites is 2.